The standard InChI is InChI=1S/C16H19N3S/c1-10(2)14-15(17)18-9-19-16(14)20-13-7-6-11-4-3-5-12(11)8-13/h6-10H,3-5H2,1-2H3,(H2,17,18,19). The molecule has 0 spiro atoms. The zero-order valence-corrected chi connectivity index (χ0v) is 12.7. The molecule has 0 bridgehead atoms. The molecule has 1 aliphatic carbocycles. The molecule has 104 valence electrons. The number of hydrogen-bond donors (Lipinski definition) is 1. The predicted molar refractivity (Wildman–Crippen MR) is 83.1 cm³/mol. The number of benzene rings is 1. The molecule has 0 aliphatic heterocycles. The van der Waals surface area contributed by atoms with Gasteiger partial charge < -0.3 is 5.73 Å². The molecule has 0 atom stereocenters. The molecule has 20 heavy (non-hydrogen) atoms. The zero-order valence-electron chi connectivity index (χ0n) is 11.9. The first-order valence-corrected chi connectivity index (χ1v) is 7.87. The molecule has 1 heterocycles. The summed E-state index contributed by atoms with van der Waals surface area (Å²) in [7, 11) is 0. The summed E-state index contributed by atoms with van der Waals surface area (Å²) in [5.74, 6) is 0.923. The van der Waals surface area contributed by atoms with E-state index in [1.54, 1.807) is 18.1 Å². The first-order chi connectivity index (χ1) is 9.65. The van der Waals surface area contributed by atoms with E-state index in [-0.39, 0.29) is 0 Å². The van der Waals surface area contributed by atoms with Gasteiger partial charge in [0.2, 0.25) is 0 Å². The SMILES string of the molecule is CC(C)c1c(N)ncnc1Sc1ccc2c(c1)CCC2. The van der Waals surface area contributed by atoms with Gasteiger partial charge in [0.1, 0.15) is 17.2 Å². The van der Waals surface area contributed by atoms with E-state index >= 15 is 0 Å². The smallest absolute Gasteiger partial charge is 0.131 e. The van der Waals surface area contributed by atoms with Crippen molar-refractivity contribution in [1.29, 1.82) is 0 Å². The second kappa shape index (κ2) is 5.44. The third-order valence-electron chi connectivity index (χ3n) is 3.74. The van der Waals surface area contributed by atoms with Gasteiger partial charge in [-0.15, -0.1) is 0 Å². The van der Waals surface area contributed by atoms with Crippen LogP contribution < -0.4 is 5.73 Å². The van der Waals surface area contributed by atoms with Crippen molar-refractivity contribution in [3.05, 3.63) is 41.2 Å². The minimum absolute atomic E-state index is 0.327. The minimum atomic E-state index is 0.327. The third kappa shape index (κ3) is 2.52. The van der Waals surface area contributed by atoms with Crippen LogP contribution in [-0.2, 0) is 12.8 Å². The third-order valence-corrected chi connectivity index (χ3v) is 4.75. The number of aromatic nitrogens is 2. The first-order valence-electron chi connectivity index (χ1n) is 7.05. The molecule has 3 nitrogen and oxygen atoms in total. The molecule has 3 rings (SSSR count). The first kappa shape index (κ1) is 13.4. The minimum Gasteiger partial charge on any atom is -0.383 e. The van der Waals surface area contributed by atoms with E-state index in [4.69, 9.17) is 5.73 Å². The maximum Gasteiger partial charge on any atom is 0.131 e. The van der Waals surface area contributed by atoms with E-state index < -0.39 is 0 Å². The second-order valence-corrected chi connectivity index (χ2v) is 6.58. The Morgan fingerprint density at radius 2 is 1.95 bits per heavy atom. The highest BCUT2D eigenvalue weighted by Crippen LogP contribution is 2.36. The highest BCUT2D eigenvalue weighted by Gasteiger charge is 2.16. The van der Waals surface area contributed by atoms with E-state index in [0.717, 1.165) is 10.6 Å². The number of nitrogens with zero attached hydrogens (tertiary/aromatic N) is 2. The summed E-state index contributed by atoms with van der Waals surface area (Å²) in [6.45, 7) is 4.25. The van der Waals surface area contributed by atoms with Crippen LogP contribution in [0.1, 0.15) is 42.9 Å². The van der Waals surface area contributed by atoms with E-state index in [9.17, 15) is 0 Å². The van der Waals surface area contributed by atoms with E-state index in [1.165, 1.54) is 35.3 Å². The number of anilines is 1. The Balaban J connectivity index is 1.93. The van der Waals surface area contributed by atoms with Crippen LogP contribution in [-0.4, -0.2) is 9.97 Å². The van der Waals surface area contributed by atoms with Crippen LogP contribution >= 0.6 is 11.8 Å². The Morgan fingerprint density at radius 1 is 1.15 bits per heavy atom. The number of aryl methyl sites for hydroxylation is 2. The number of nitrogen functional groups attached to an aromatic ring is 1. The normalized spacial score (nSPS) is 13.8. The van der Waals surface area contributed by atoms with Gasteiger partial charge in [0, 0.05) is 10.5 Å². The van der Waals surface area contributed by atoms with Crippen LogP contribution in [0, 0.1) is 0 Å². The fourth-order valence-electron chi connectivity index (χ4n) is 2.74. The fraction of sp³-hybridized carbons (Fsp3) is 0.375. The maximum absolute atomic E-state index is 6.00. The Hall–Kier alpha value is -1.55. The summed E-state index contributed by atoms with van der Waals surface area (Å²) in [6.07, 6.45) is 5.25. The molecule has 1 aromatic heterocycles. The van der Waals surface area contributed by atoms with Gasteiger partial charge in [-0.3, -0.25) is 0 Å². The van der Waals surface area contributed by atoms with Gasteiger partial charge in [-0.05, 0) is 48.4 Å². The van der Waals surface area contributed by atoms with Gasteiger partial charge in [-0.1, -0.05) is 31.7 Å². The Morgan fingerprint density at radius 3 is 2.75 bits per heavy atom. The summed E-state index contributed by atoms with van der Waals surface area (Å²) in [5, 5.41) is 0.977. The van der Waals surface area contributed by atoms with E-state index in [0.29, 0.717) is 11.7 Å². The molecule has 4 heteroatoms. The molecular weight excluding hydrogens is 266 g/mol. The van der Waals surface area contributed by atoms with Gasteiger partial charge in [0.15, 0.2) is 0 Å². The summed E-state index contributed by atoms with van der Waals surface area (Å²) in [6, 6.07) is 6.75. The Kier molecular flexibility index (Phi) is 3.66. The van der Waals surface area contributed by atoms with Crippen molar-refractivity contribution < 1.29 is 0 Å². The summed E-state index contributed by atoms with van der Waals surface area (Å²) in [5.41, 5.74) is 10.0. The summed E-state index contributed by atoms with van der Waals surface area (Å²) in [4.78, 5) is 9.78. The van der Waals surface area contributed by atoms with Gasteiger partial charge >= 0.3 is 0 Å². The Bertz CT molecular complexity index is 638. The summed E-state index contributed by atoms with van der Waals surface area (Å²) >= 11 is 1.69. The zero-order chi connectivity index (χ0) is 14.1. The lowest BCUT2D eigenvalue weighted by Crippen LogP contribution is -2.03. The maximum atomic E-state index is 6.00. The molecule has 0 saturated carbocycles. The van der Waals surface area contributed by atoms with Crippen LogP contribution in [0.15, 0.2) is 34.4 Å². The van der Waals surface area contributed by atoms with Crippen molar-refractivity contribution in [1.82, 2.24) is 9.97 Å². The topological polar surface area (TPSA) is 51.8 Å². The molecule has 0 amide bonds. The van der Waals surface area contributed by atoms with Crippen molar-refractivity contribution in [2.75, 3.05) is 5.73 Å². The fourth-order valence-corrected chi connectivity index (χ4v) is 3.85. The van der Waals surface area contributed by atoms with Crippen LogP contribution in [0.5, 0.6) is 0 Å². The van der Waals surface area contributed by atoms with E-state index in [1.807, 2.05) is 0 Å². The van der Waals surface area contributed by atoms with Gasteiger partial charge in [0.25, 0.3) is 0 Å². The van der Waals surface area contributed by atoms with Crippen molar-refractivity contribution >= 4 is 17.6 Å². The van der Waals surface area contributed by atoms with Gasteiger partial charge in [0.05, 0.1) is 0 Å². The molecule has 0 radical (unpaired) electrons. The highest BCUT2D eigenvalue weighted by molar-refractivity contribution is 7.99. The molecule has 2 N–H and O–H groups in total. The second-order valence-electron chi connectivity index (χ2n) is 5.52. The van der Waals surface area contributed by atoms with Crippen molar-refractivity contribution in [3.8, 4) is 0 Å². The predicted octanol–water partition coefficient (Wildman–Crippen LogP) is 3.82. The van der Waals surface area contributed by atoms with Gasteiger partial charge in [-0.2, -0.15) is 0 Å². The number of fused-ring (bicyclic) bond motifs is 1. The molecule has 0 fully saturated rings. The van der Waals surface area contributed by atoms with Crippen LogP contribution in [0.4, 0.5) is 5.82 Å². The number of rotatable bonds is 3. The Labute approximate surface area is 124 Å². The van der Waals surface area contributed by atoms with Crippen LogP contribution in [0.2, 0.25) is 0 Å². The average molecular weight is 285 g/mol. The lowest BCUT2D eigenvalue weighted by Gasteiger charge is -2.13. The lowest BCUT2D eigenvalue weighted by molar-refractivity contribution is 0.808. The lowest BCUT2D eigenvalue weighted by atomic mass is 10.1. The van der Waals surface area contributed by atoms with Gasteiger partial charge in [-0.25, -0.2) is 9.97 Å². The summed E-state index contributed by atoms with van der Waals surface area (Å²) < 4.78 is 0. The largest absolute Gasteiger partial charge is 0.383 e. The van der Waals surface area contributed by atoms with Crippen molar-refractivity contribution in [2.24, 2.45) is 0 Å². The molecule has 0 unspecified atom stereocenters. The molecule has 2 aromatic rings. The molecule has 1 aromatic carbocycles. The number of nitrogens with two attached hydrogens (primary N) is 1. The van der Waals surface area contributed by atoms with Crippen LogP contribution in [0.25, 0.3) is 0 Å². The van der Waals surface area contributed by atoms with Crippen molar-refractivity contribution in [3.63, 3.8) is 0 Å². The molecule has 0 saturated heterocycles. The molecular formula is C16H19N3S. The molecule has 1 aliphatic rings. The van der Waals surface area contributed by atoms with E-state index in [2.05, 4.69) is 42.0 Å². The van der Waals surface area contributed by atoms with Crippen molar-refractivity contribution in [2.45, 2.75) is 48.9 Å². The quantitative estimate of drug-likeness (QED) is 0.871. The van der Waals surface area contributed by atoms with Crippen LogP contribution in [0.3, 0.4) is 0 Å². The monoisotopic (exact) mass is 285 g/mol. The average Bonchev–Trinajstić information content (AvgIpc) is 2.85. The number of hydrogen-bond acceptors (Lipinski definition) is 4. The highest BCUT2D eigenvalue weighted by atomic mass is 32.2.